The standard InChI is InChI=1S/C29H34BrN3O4S/c1-3-31-29(35)27(21-23-11-6-4-7-12-23)32(22-24-16-18-25(30)19-17-24)28(34)15-10-20-33(38(2,36)37)26-13-8-5-9-14-26/h4-9,11-14,16-19,27H,3,10,15,20-22H2,1-2H3,(H,31,35). The molecule has 2 amide bonds. The molecule has 0 aliphatic rings. The summed E-state index contributed by atoms with van der Waals surface area (Å²) in [6, 6.07) is 25.4. The number of hydrogen-bond acceptors (Lipinski definition) is 4. The van der Waals surface area contributed by atoms with Crippen LogP contribution in [-0.4, -0.2) is 50.5 Å². The first kappa shape index (κ1) is 29.4. The molecule has 0 fully saturated rings. The van der Waals surface area contributed by atoms with Crippen molar-refractivity contribution in [3.8, 4) is 0 Å². The number of anilines is 1. The first-order valence-corrected chi connectivity index (χ1v) is 15.2. The van der Waals surface area contributed by atoms with Gasteiger partial charge in [-0.3, -0.25) is 13.9 Å². The lowest BCUT2D eigenvalue weighted by atomic mass is 10.0. The van der Waals surface area contributed by atoms with Gasteiger partial charge in [-0.05, 0) is 48.7 Å². The molecule has 3 aromatic carbocycles. The zero-order valence-corrected chi connectivity index (χ0v) is 24.1. The third-order valence-electron chi connectivity index (χ3n) is 6.08. The molecule has 38 heavy (non-hydrogen) atoms. The van der Waals surface area contributed by atoms with Gasteiger partial charge in [0.1, 0.15) is 6.04 Å². The van der Waals surface area contributed by atoms with Crippen LogP contribution in [0.3, 0.4) is 0 Å². The molecule has 202 valence electrons. The number of rotatable bonds is 13. The Labute approximate surface area is 234 Å². The van der Waals surface area contributed by atoms with Crippen molar-refractivity contribution < 1.29 is 18.0 Å². The number of para-hydroxylation sites is 1. The third-order valence-corrected chi connectivity index (χ3v) is 7.81. The van der Waals surface area contributed by atoms with Gasteiger partial charge in [0.15, 0.2) is 0 Å². The second kappa shape index (κ2) is 14.1. The van der Waals surface area contributed by atoms with Crippen LogP contribution < -0.4 is 9.62 Å². The van der Waals surface area contributed by atoms with E-state index in [1.54, 1.807) is 29.2 Å². The predicted octanol–water partition coefficient (Wildman–Crippen LogP) is 4.77. The molecule has 7 nitrogen and oxygen atoms in total. The van der Waals surface area contributed by atoms with E-state index in [1.165, 1.54) is 4.31 Å². The third kappa shape index (κ3) is 8.70. The summed E-state index contributed by atoms with van der Waals surface area (Å²) >= 11 is 3.44. The average molecular weight is 601 g/mol. The number of halogens is 1. The van der Waals surface area contributed by atoms with E-state index in [0.717, 1.165) is 21.9 Å². The number of hydrogen-bond donors (Lipinski definition) is 1. The number of likely N-dealkylation sites (N-methyl/N-ethyl adjacent to an activating group) is 1. The van der Waals surface area contributed by atoms with Gasteiger partial charge in [0.25, 0.3) is 0 Å². The fraction of sp³-hybridized carbons (Fsp3) is 0.310. The molecule has 9 heteroatoms. The largest absolute Gasteiger partial charge is 0.355 e. The van der Waals surface area contributed by atoms with Crippen LogP contribution in [0.25, 0.3) is 0 Å². The molecular formula is C29H34BrN3O4S. The number of sulfonamides is 1. The Hall–Kier alpha value is -3.17. The summed E-state index contributed by atoms with van der Waals surface area (Å²) in [6.07, 6.45) is 1.94. The second-order valence-electron chi connectivity index (χ2n) is 9.02. The normalized spacial score (nSPS) is 12.0. The fourth-order valence-electron chi connectivity index (χ4n) is 4.23. The van der Waals surface area contributed by atoms with Crippen molar-refractivity contribution in [3.63, 3.8) is 0 Å². The molecule has 0 aliphatic heterocycles. The van der Waals surface area contributed by atoms with Gasteiger partial charge in [0.05, 0.1) is 11.9 Å². The van der Waals surface area contributed by atoms with Crippen molar-refractivity contribution in [2.24, 2.45) is 0 Å². The Balaban J connectivity index is 1.84. The molecule has 3 rings (SSSR count). The van der Waals surface area contributed by atoms with Crippen LogP contribution in [0.2, 0.25) is 0 Å². The van der Waals surface area contributed by atoms with Crippen LogP contribution in [-0.2, 0) is 32.6 Å². The van der Waals surface area contributed by atoms with Gasteiger partial charge >= 0.3 is 0 Å². The van der Waals surface area contributed by atoms with E-state index >= 15 is 0 Å². The maximum atomic E-state index is 13.7. The minimum Gasteiger partial charge on any atom is -0.355 e. The molecule has 0 saturated heterocycles. The van der Waals surface area contributed by atoms with Gasteiger partial charge in [-0.2, -0.15) is 0 Å². The van der Waals surface area contributed by atoms with Gasteiger partial charge in [-0.15, -0.1) is 0 Å². The summed E-state index contributed by atoms with van der Waals surface area (Å²) < 4.78 is 27.1. The van der Waals surface area contributed by atoms with E-state index in [-0.39, 0.29) is 31.3 Å². The number of nitrogens with zero attached hydrogens (tertiary/aromatic N) is 2. The summed E-state index contributed by atoms with van der Waals surface area (Å²) in [5.74, 6) is -0.425. The molecule has 1 atom stereocenters. The zero-order valence-electron chi connectivity index (χ0n) is 21.7. The number of carbonyl (C=O) groups is 2. The lowest BCUT2D eigenvalue weighted by Gasteiger charge is -2.32. The fourth-order valence-corrected chi connectivity index (χ4v) is 5.46. The van der Waals surface area contributed by atoms with Gasteiger partial charge < -0.3 is 10.2 Å². The highest BCUT2D eigenvalue weighted by atomic mass is 79.9. The van der Waals surface area contributed by atoms with E-state index in [1.807, 2.05) is 67.6 Å². The van der Waals surface area contributed by atoms with Crippen LogP contribution >= 0.6 is 15.9 Å². The van der Waals surface area contributed by atoms with E-state index in [9.17, 15) is 18.0 Å². The van der Waals surface area contributed by atoms with Gasteiger partial charge in [-0.1, -0.05) is 76.6 Å². The number of carbonyl (C=O) groups excluding carboxylic acids is 2. The van der Waals surface area contributed by atoms with Crippen LogP contribution in [0.15, 0.2) is 89.4 Å². The summed E-state index contributed by atoms with van der Waals surface area (Å²) in [5.41, 5.74) is 2.40. The molecule has 3 aromatic rings. The van der Waals surface area contributed by atoms with Crippen LogP contribution in [0, 0.1) is 0 Å². The maximum Gasteiger partial charge on any atom is 0.243 e. The Kier molecular flexibility index (Phi) is 10.9. The quantitative estimate of drug-likeness (QED) is 0.306. The number of benzene rings is 3. The Morgan fingerprint density at radius 2 is 1.50 bits per heavy atom. The second-order valence-corrected chi connectivity index (χ2v) is 11.8. The molecule has 0 saturated carbocycles. The highest BCUT2D eigenvalue weighted by Crippen LogP contribution is 2.20. The predicted molar refractivity (Wildman–Crippen MR) is 155 cm³/mol. The molecule has 0 heterocycles. The van der Waals surface area contributed by atoms with E-state index in [4.69, 9.17) is 0 Å². The topological polar surface area (TPSA) is 86.8 Å². The number of amides is 2. The van der Waals surface area contributed by atoms with Crippen molar-refractivity contribution in [2.75, 3.05) is 23.7 Å². The van der Waals surface area contributed by atoms with Crippen molar-refractivity contribution in [1.82, 2.24) is 10.2 Å². The van der Waals surface area contributed by atoms with Crippen molar-refractivity contribution in [2.45, 2.75) is 38.8 Å². The smallest absolute Gasteiger partial charge is 0.243 e. The maximum absolute atomic E-state index is 13.7. The molecule has 1 N–H and O–H groups in total. The highest BCUT2D eigenvalue weighted by molar-refractivity contribution is 9.10. The van der Waals surface area contributed by atoms with Gasteiger partial charge in [0.2, 0.25) is 21.8 Å². The monoisotopic (exact) mass is 599 g/mol. The van der Waals surface area contributed by atoms with Crippen LogP contribution in [0.5, 0.6) is 0 Å². The molecule has 1 unspecified atom stereocenters. The van der Waals surface area contributed by atoms with Crippen LogP contribution in [0.4, 0.5) is 5.69 Å². The Morgan fingerprint density at radius 3 is 2.08 bits per heavy atom. The SMILES string of the molecule is CCNC(=O)C(Cc1ccccc1)N(Cc1ccc(Br)cc1)C(=O)CCCN(c1ccccc1)S(C)(=O)=O. The van der Waals surface area contributed by atoms with Crippen molar-refractivity contribution >= 4 is 43.5 Å². The van der Waals surface area contributed by atoms with Crippen molar-refractivity contribution in [3.05, 3.63) is 101 Å². The van der Waals surface area contributed by atoms with Gasteiger partial charge in [-0.25, -0.2) is 8.42 Å². The average Bonchev–Trinajstić information content (AvgIpc) is 2.90. The van der Waals surface area contributed by atoms with Crippen LogP contribution in [0.1, 0.15) is 30.9 Å². The highest BCUT2D eigenvalue weighted by Gasteiger charge is 2.30. The van der Waals surface area contributed by atoms with E-state index < -0.39 is 16.1 Å². The lowest BCUT2D eigenvalue weighted by molar-refractivity contribution is -0.141. The van der Waals surface area contributed by atoms with E-state index in [0.29, 0.717) is 25.1 Å². The molecular weight excluding hydrogens is 566 g/mol. The zero-order chi connectivity index (χ0) is 27.5. The van der Waals surface area contributed by atoms with E-state index in [2.05, 4.69) is 21.2 Å². The molecule has 0 aliphatic carbocycles. The van der Waals surface area contributed by atoms with Crippen molar-refractivity contribution in [1.29, 1.82) is 0 Å². The molecule has 0 aromatic heterocycles. The minimum absolute atomic E-state index is 0.0973. The summed E-state index contributed by atoms with van der Waals surface area (Å²) in [7, 11) is -3.53. The Morgan fingerprint density at radius 1 is 0.895 bits per heavy atom. The Bertz CT molecular complexity index is 1290. The lowest BCUT2D eigenvalue weighted by Crippen LogP contribution is -2.50. The first-order valence-electron chi connectivity index (χ1n) is 12.6. The molecule has 0 spiro atoms. The summed E-state index contributed by atoms with van der Waals surface area (Å²) in [6.45, 7) is 2.72. The molecule has 0 radical (unpaired) electrons. The molecule has 0 bridgehead atoms. The number of nitrogens with one attached hydrogen (secondary N) is 1. The minimum atomic E-state index is -3.53. The summed E-state index contributed by atoms with van der Waals surface area (Å²) in [5, 5.41) is 2.88. The van der Waals surface area contributed by atoms with Gasteiger partial charge in [0, 0.05) is 36.9 Å². The summed E-state index contributed by atoms with van der Waals surface area (Å²) in [4.78, 5) is 28.5. The first-order chi connectivity index (χ1) is 18.2.